The first-order valence-electron chi connectivity index (χ1n) is 13.4. The summed E-state index contributed by atoms with van der Waals surface area (Å²) in [4.78, 5) is 55.7. The number of carbonyl (C=O) groups is 3. The van der Waals surface area contributed by atoms with Crippen molar-refractivity contribution in [3.05, 3.63) is 66.5 Å². The molecule has 0 unspecified atom stereocenters. The standard InChI is InChI=1S/C29H28N8O3/c30-25-24-26(34-29(31)33-25)36(15-32-24)14-21(38)35(13-16-5-6-17-3-1-2-4-18(17)11-16)9-10-37-27(39)22-19-7-8-20(12-19)23(22)28(37)40/h1-8,11,15,19-20,22-23H,9-10,12-14H2,(H4,30,31,33,34)/t19-,20+,22+,23-. The number of imide groups is 1. The molecule has 7 rings (SSSR count). The van der Waals surface area contributed by atoms with Gasteiger partial charge in [0.2, 0.25) is 23.7 Å². The van der Waals surface area contributed by atoms with Crippen LogP contribution in [0.4, 0.5) is 11.8 Å². The number of benzene rings is 2. The normalized spacial score (nSPS) is 23.1. The van der Waals surface area contributed by atoms with Gasteiger partial charge in [0.1, 0.15) is 12.1 Å². The maximum absolute atomic E-state index is 13.7. The molecule has 4 N–H and O–H groups in total. The number of nitrogens with two attached hydrogens (primary N) is 2. The number of nitrogens with zero attached hydrogens (tertiary/aromatic N) is 6. The van der Waals surface area contributed by atoms with Crippen molar-refractivity contribution in [2.24, 2.45) is 23.7 Å². The summed E-state index contributed by atoms with van der Waals surface area (Å²) in [6.07, 6.45) is 6.52. The highest BCUT2D eigenvalue weighted by Crippen LogP contribution is 2.52. The van der Waals surface area contributed by atoms with E-state index in [4.69, 9.17) is 11.5 Å². The summed E-state index contributed by atoms with van der Waals surface area (Å²) in [7, 11) is 0. The van der Waals surface area contributed by atoms with E-state index in [-0.39, 0.29) is 72.8 Å². The maximum Gasteiger partial charge on any atom is 0.242 e. The van der Waals surface area contributed by atoms with Crippen molar-refractivity contribution in [2.45, 2.75) is 19.5 Å². The summed E-state index contributed by atoms with van der Waals surface area (Å²) in [5.74, 6) is -0.564. The van der Waals surface area contributed by atoms with Crippen LogP contribution in [0, 0.1) is 23.7 Å². The van der Waals surface area contributed by atoms with Gasteiger partial charge in [-0.05, 0) is 40.7 Å². The highest BCUT2D eigenvalue weighted by atomic mass is 16.2. The van der Waals surface area contributed by atoms with Crippen molar-refractivity contribution >= 4 is 51.4 Å². The van der Waals surface area contributed by atoms with E-state index in [9.17, 15) is 14.4 Å². The molecule has 2 bridgehead atoms. The molecule has 1 aliphatic heterocycles. The van der Waals surface area contributed by atoms with Crippen LogP contribution in [0.1, 0.15) is 12.0 Å². The molecule has 4 atom stereocenters. The number of aromatic nitrogens is 4. The molecule has 2 aromatic heterocycles. The third-order valence-corrected chi connectivity index (χ3v) is 8.51. The van der Waals surface area contributed by atoms with Gasteiger partial charge in [0.15, 0.2) is 11.5 Å². The van der Waals surface area contributed by atoms with E-state index in [1.807, 2.05) is 36.4 Å². The molecule has 3 amide bonds. The summed E-state index contributed by atoms with van der Waals surface area (Å²) in [6, 6.07) is 14.1. The van der Waals surface area contributed by atoms with Crippen molar-refractivity contribution in [3.8, 4) is 0 Å². The molecule has 11 heteroatoms. The molecule has 1 saturated carbocycles. The van der Waals surface area contributed by atoms with Crippen molar-refractivity contribution in [1.82, 2.24) is 29.3 Å². The number of anilines is 2. The highest BCUT2D eigenvalue weighted by molar-refractivity contribution is 6.06. The minimum Gasteiger partial charge on any atom is -0.382 e. The lowest BCUT2D eigenvalue weighted by Crippen LogP contribution is -2.42. The number of nitrogen functional groups attached to an aromatic ring is 2. The zero-order valence-corrected chi connectivity index (χ0v) is 21.7. The topological polar surface area (TPSA) is 153 Å². The molecule has 0 radical (unpaired) electrons. The molecule has 2 aliphatic carbocycles. The summed E-state index contributed by atoms with van der Waals surface area (Å²) >= 11 is 0. The summed E-state index contributed by atoms with van der Waals surface area (Å²) < 4.78 is 1.58. The Labute approximate surface area is 229 Å². The first kappa shape index (κ1) is 24.3. The predicted octanol–water partition coefficient (Wildman–Crippen LogP) is 1.98. The van der Waals surface area contributed by atoms with Gasteiger partial charge in [-0.25, -0.2) is 4.98 Å². The maximum atomic E-state index is 13.7. The Morgan fingerprint density at radius 1 is 0.975 bits per heavy atom. The predicted molar refractivity (Wildman–Crippen MR) is 148 cm³/mol. The van der Waals surface area contributed by atoms with Gasteiger partial charge in [0.05, 0.1) is 18.2 Å². The number of fused-ring (bicyclic) bond motifs is 7. The van der Waals surface area contributed by atoms with Gasteiger partial charge in [-0.15, -0.1) is 0 Å². The van der Waals surface area contributed by atoms with Gasteiger partial charge in [-0.3, -0.25) is 19.3 Å². The first-order valence-corrected chi connectivity index (χ1v) is 13.4. The van der Waals surface area contributed by atoms with E-state index in [1.165, 1.54) is 11.2 Å². The van der Waals surface area contributed by atoms with Crippen molar-refractivity contribution < 1.29 is 14.4 Å². The molecule has 3 heterocycles. The van der Waals surface area contributed by atoms with Crippen LogP contribution in [-0.2, 0) is 27.5 Å². The largest absolute Gasteiger partial charge is 0.382 e. The molecule has 4 aromatic rings. The molecular formula is C29H28N8O3. The minimum absolute atomic E-state index is 0.00715. The van der Waals surface area contributed by atoms with E-state index < -0.39 is 0 Å². The SMILES string of the molecule is Nc1nc(N)c2ncn(CC(=O)N(CCN3C(=O)[C@@H]4[C@H](C3=O)[C@H]3C=C[C@@H]4C3)Cc3ccc4ccccc4c3)c2n1. The second-order valence-corrected chi connectivity index (χ2v) is 10.8. The molecule has 3 aliphatic rings. The van der Waals surface area contributed by atoms with Crippen LogP contribution >= 0.6 is 0 Å². The lowest BCUT2D eigenvalue weighted by molar-refractivity contribution is -0.142. The average molecular weight is 537 g/mol. The van der Waals surface area contributed by atoms with Crippen molar-refractivity contribution in [1.29, 1.82) is 0 Å². The third-order valence-electron chi connectivity index (χ3n) is 8.51. The quantitative estimate of drug-likeness (QED) is 0.269. The molecule has 2 fully saturated rings. The van der Waals surface area contributed by atoms with Gasteiger partial charge < -0.3 is 20.9 Å². The fourth-order valence-electron chi connectivity index (χ4n) is 6.60. The van der Waals surface area contributed by atoms with Crippen molar-refractivity contribution in [2.75, 3.05) is 24.6 Å². The van der Waals surface area contributed by atoms with Crippen LogP contribution in [0.15, 0.2) is 60.9 Å². The van der Waals surface area contributed by atoms with E-state index in [0.717, 1.165) is 22.8 Å². The average Bonchev–Trinajstić information content (AvgIpc) is 3.71. The number of hydrogen-bond acceptors (Lipinski definition) is 8. The van der Waals surface area contributed by atoms with Gasteiger partial charge in [-0.2, -0.15) is 9.97 Å². The van der Waals surface area contributed by atoms with E-state index in [2.05, 4.69) is 33.2 Å². The number of likely N-dealkylation sites (tertiary alicyclic amines) is 1. The Kier molecular flexibility index (Phi) is 5.55. The summed E-state index contributed by atoms with van der Waals surface area (Å²) in [6.45, 7) is 0.597. The fourth-order valence-corrected chi connectivity index (χ4v) is 6.60. The smallest absolute Gasteiger partial charge is 0.242 e. The second-order valence-electron chi connectivity index (χ2n) is 10.8. The second kappa shape index (κ2) is 9.15. The van der Waals surface area contributed by atoms with Crippen LogP contribution in [0.25, 0.3) is 21.9 Å². The number of carbonyl (C=O) groups excluding carboxylic acids is 3. The Bertz CT molecular complexity index is 1700. The number of hydrogen-bond donors (Lipinski definition) is 2. The fraction of sp³-hybridized carbons (Fsp3) is 0.310. The number of amides is 3. The Hall–Kier alpha value is -4.80. The lowest BCUT2D eigenvalue weighted by Gasteiger charge is -2.26. The Balaban J connectivity index is 1.15. The Morgan fingerprint density at radius 3 is 2.45 bits per heavy atom. The minimum atomic E-state index is -0.264. The van der Waals surface area contributed by atoms with Gasteiger partial charge >= 0.3 is 0 Å². The molecule has 2 aromatic carbocycles. The van der Waals surface area contributed by atoms with Gasteiger partial charge in [0, 0.05) is 19.6 Å². The number of rotatable bonds is 7. The number of allylic oxidation sites excluding steroid dienone is 2. The summed E-state index contributed by atoms with van der Waals surface area (Å²) in [5.41, 5.74) is 13.4. The molecular weight excluding hydrogens is 508 g/mol. The monoisotopic (exact) mass is 536 g/mol. The van der Waals surface area contributed by atoms with Gasteiger partial charge in [0.25, 0.3) is 0 Å². The van der Waals surface area contributed by atoms with E-state index in [0.29, 0.717) is 17.7 Å². The highest BCUT2D eigenvalue weighted by Gasteiger charge is 2.59. The Morgan fingerprint density at radius 2 is 1.70 bits per heavy atom. The van der Waals surface area contributed by atoms with E-state index in [1.54, 1.807) is 9.47 Å². The molecule has 40 heavy (non-hydrogen) atoms. The first-order chi connectivity index (χ1) is 19.4. The van der Waals surface area contributed by atoms with Crippen LogP contribution in [0.2, 0.25) is 0 Å². The molecule has 0 spiro atoms. The third kappa shape index (κ3) is 3.88. The molecule has 11 nitrogen and oxygen atoms in total. The zero-order valence-electron chi connectivity index (χ0n) is 21.7. The van der Waals surface area contributed by atoms with Crippen LogP contribution < -0.4 is 11.5 Å². The van der Waals surface area contributed by atoms with Crippen LogP contribution in [0.3, 0.4) is 0 Å². The molecule has 202 valence electrons. The van der Waals surface area contributed by atoms with E-state index >= 15 is 0 Å². The van der Waals surface area contributed by atoms with Crippen LogP contribution in [-0.4, -0.2) is 60.1 Å². The molecule has 1 saturated heterocycles. The van der Waals surface area contributed by atoms with Crippen LogP contribution in [0.5, 0.6) is 0 Å². The van der Waals surface area contributed by atoms with Gasteiger partial charge in [-0.1, -0.05) is 48.6 Å². The summed E-state index contributed by atoms with van der Waals surface area (Å²) in [5, 5.41) is 2.17. The lowest BCUT2D eigenvalue weighted by atomic mass is 9.85. The number of imidazole rings is 1. The zero-order chi connectivity index (χ0) is 27.5. The van der Waals surface area contributed by atoms with Crippen molar-refractivity contribution in [3.63, 3.8) is 0 Å².